The molecule has 1 aliphatic heterocycles. The second-order valence-electron chi connectivity index (χ2n) is 6.69. The molecule has 3 unspecified atom stereocenters. The van der Waals surface area contributed by atoms with Gasteiger partial charge in [-0.2, -0.15) is 0 Å². The van der Waals surface area contributed by atoms with Crippen LogP contribution in [0.15, 0.2) is 24.3 Å². The largest absolute Gasteiger partial charge is 0.329 e. The van der Waals surface area contributed by atoms with Crippen molar-refractivity contribution in [1.82, 2.24) is 4.90 Å². The summed E-state index contributed by atoms with van der Waals surface area (Å²) in [4.78, 5) is 2.53. The molecule has 2 nitrogen and oxygen atoms in total. The SMILES string of the molecule is CC1CCN(C(C)(CN)Cc2ccc(F)cc2)CC1C. The van der Waals surface area contributed by atoms with Gasteiger partial charge in [0.25, 0.3) is 0 Å². The third-order valence-electron chi connectivity index (χ3n) is 5.04. The molecule has 2 N–H and O–H groups in total. The van der Waals surface area contributed by atoms with Crippen molar-refractivity contribution in [2.75, 3.05) is 19.6 Å². The van der Waals surface area contributed by atoms with Gasteiger partial charge in [0.15, 0.2) is 0 Å². The fourth-order valence-electron chi connectivity index (χ4n) is 3.11. The molecular formula is C17H27FN2. The number of hydrogen-bond donors (Lipinski definition) is 1. The lowest BCUT2D eigenvalue weighted by Gasteiger charge is -2.46. The molecule has 1 saturated heterocycles. The third-order valence-corrected chi connectivity index (χ3v) is 5.04. The Kier molecular flexibility index (Phi) is 4.82. The predicted molar refractivity (Wildman–Crippen MR) is 82.1 cm³/mol. The Morgan fingerprint density at radius 2 is 1.90 bits per heavy atom. The van der Waals surface area contributed by atoms with E-state index in [-0.39, 0.29) is 11.4 Å². The number of benzene rings is 1. The Hall–Kier alpha value is -0.930. The van der Waals surface area contributed by atoms with Crippen LogP contribution in [0, 0.1) is 17.7 Å². The van der Waals surface area contributed by atoms with Gasteiger partial charge in [0.2, 0.25) is 0 Å². The fourth-order valence-corrected chi connectivity index (χ4v) is 3.11. The van der Waals surface area contributed by atoms with E-state index in [1.165, 1.54) is 18.6 Å². The molecule has 1 aliphatic rings. The van der Waals surface area contributed by atoms with Crippen molar-refractivity contribution in [1.29, 1.82) is 0 Å². The molecular weight excluding hydrogens is 251 g/mol. The van der Waals surface area contributed by atoms with Crippen molar-refractivity contribution in [2.45, 2.75) is 39.2 Å². The Morgan fingerprint density at radius 3 is 2.45 bits per heavy atom. The number of rotatable bonds is 4. The highest BCUT2D eigenvalue weighted by atomic mass is 19.1. The number of halogens is 1. The monoisotopic (exact) mass is 278 g/mol. The zero-order valence-corrected chi connectivity index (χ0v) is 12.9. The molecule has 1 fully saturated rings. The molecule has 1 aromatic carbocycles. The Bertz CT molecular complexity index is 431. The van der Waals surface area contributed by atoms with E-state index in [0.717, 1.165) is 31.0 Å². The summed E-state index contributed by atoms with van der Waals surface area (Å²) in [6, 6.07) is 6.82. The van der Waals surface area contributed by atoms with E-state index in [1.807, 2.05) is 12.1 Å². The van der Waals surface area contributed by atoms with Crippen molar-refractivity contribution in [2.24, 2.45) is 17.6 Å². The maximum atomic E-state index is 13.0. The highest BCUT2D eigenvalue weighted by Gasteiger charge is 2.35. The van der Waals surface area contributed by atoms with Crippen LogP contribution >= 0.6 is 0 Å². The molecule has 0 amide bonds. The zero-order valence-electron chi connectivity index (χ0n) is 12.9. The van der Waals surface area contributed by atoms with Gasteiger partial charge in [0.05, 0.1) is 0 Å². The predicted octanol–water partition coefficient (Wildman–Crippen LogP) is 3.06. The second kappa shape index (κ2) is 6.23. The van der Waals surface area contributed by atoms with Crippen LogP contribution in [0.25, 0.3) is 0 Å². The van der Waals surface area contributed by atoms with Crippen molar-refractivity contribution in [3.63, 3.8) is 0 Å². The fraction of sp³-hybridized carbons (Fsp3) is 0.647. The van der Waals surface area contributed by atoms with Crippen molar-refractivity contribution in [3.05, 3.63) is 35.6 Å². The highest BCUT2D eigenvalue weighted by molar-refractivity contribution is 5.19. The van der Waals surface area contributed by atoms with Crippen LogP contribution in [-0.2, 0) is 6.42 Å². The molecule has 0 spiro atoms. The van der Waals surface area contributed by atoms with Crippen molar-refractivity contribution < 1.29 is 4.39 Å². The maximum Gasteiger partial charge on any atom is 0.123 e. The second-order valence-corrected chi connectivity index (χ2v) is 6.69. The minimum Gasteiger partial charge on any atom is -0.329 e. The van der Waals surface area contributed by atoms with Crippen LogP contribution in [0.2, 0.25) is 0 Å². The first-order valence-electron chi connectivity index (χ1n) is 7.64. The molecule has 0 radical (unpaired) electrons. The molecule has 1 heterocycles. The number of nitrogens with two attached hydrogens (primary N) is 1. The van der Waals surface area contributed by atoms with Gasteiger partial charge in [0, 0.05) is 18.6 Å². The third kappa shape index (κ3) is 3.39. The lowest BCUT2D eigenvalue weighted by Crippen LogP contribution is -2.57. The van der Waals surface area contributed by atoms with E-state index in [1.54, 1.807) is 0 Å². The summed E-state index contributed by atoms with van der Waals surface area (Å²) < 4.78 is 13.0. The number of likely N-dealkylation sites (tertiary alicyclic amines) is 1. The van der Waals surface area contributed by atoms with E-state index in [9.17, 15) is 4.39 Å². The summed E-state index contributed by atoms with van der Waals surface area (Å²) in [5.74, 6) is 1.32. The number of piperidine rings is 1. The Labute approximate surface area is 122 Å². The van der Waals surface area contributed by atoms with Crippen LogP contribution < -0.4 is 5.73 Å². The molecule has 0 aromatic heterocycles. The minimum absolute atomic E-state index is 0.0355. The van der Waals surface area contributed by atoms with E-state index in [0.29, 0.717) is 12.5 Å². The minimum atomic E-state index is -0.177. The van der Waals surface area contributed by atoms with Gasteiger partial charge in [-0.05, 0) is 55.8 Å². The van der Waals surface area contributed by atoms with E-state index < -0.39 is 0 Å². The summed E-state index contributed by atoms with van der Waals surface area (Å²) in [5, 5.41) is 0. The summed E-state index contributed by atoms with van der Waals surface area (Å²) in [5.41, 5.74) is 7.20. The number of hydrogen-bond acceptors (Lipinski definition) is 2. The molecule has 0 bridgehead atoms. The molecule has 3 heteroatoms. The first kappa shape index (κ1) is 15.5. The van der Waals surface area contributed by atoms with Crippen molar-refractivity contribution >= 4 is 0 Å². The van der Waals surface area contributed by atoms with Gasteiger partial charge >= 0.3 is 0 Å². The summed E-state index contributed by atoms with van der Waals surface area (Å²) in [6.07, 6.45) is 2.12. The molecule has 20 heavy (non-hydrogen) atoms. The molecule has 2 rings (SSSR count). The van der Waals surface area contributed by atoms with Crippen molar-refractivity contribution in [3.8, 4) is 0 Å². The standard InChI is InChI=1S/C17H27FN2/c1-13-8-9-20(11-14(13)2)17(3,12-19)10-15-4-6-16(18)7-5-15/h4-7,13-14H,8-12,19H2,1-3H3. The summed E-state index contributed by atoms with van der Waals surface area (Å²) in [7, 11) is 0. The molecule has 0 aliphatic carbocycles. The van der Waals surface area contributed by atoms with Gasteiger partial charge in [-0.1, -0.05) is 26.0 Å². The Morgan fingerprint density at radius 1 is 1.25 bits per heavy atom. The topological polar surface area (TPSA) is 29.3 Å². The van der Waals surface area contributed by atoms with Crippen LogP contribution in [-0.4, -0.2) is 30.1 Å². The first-order valence-corrected chi connectivity index (χ1v) is 7.64. The summed E-state index contributed by atoms with van der Waals surface area (Å²) in [6.45, 7) is 9.74. The normalized spacial score (nSPS) is 27.2. The summed E-state index contributed by atoms with van der Waals surface area (Å²) >= 11 is 0. The van der Waals surface area contributed by atoms with E-state index in [2.05, 4.69) is 25.7 Å². The van der Waals surface area contributed by atoms with Crippen LogP contribution in [0.3, 0.4) is 0 Å². The maximum absolute atomic E-state index is 13.0. The molecule has 3 atom stereocenters. The first-order chi connectivity index (χ1) is 9.44. The lowest BCUT2D eigenvalue weighted by molar-refractivity contribution is 0.0416. The molecule has 112 valence electrons. The molecule has 0 saturated carbocycles. The smallest absolute Gasteiger partial charge is 0.123 e. The number of nitrogens with zero attached hydrogens (tertiary/aromatic N) is 1. The van der Waals surface area contributed by atoms with Gasteiger partial charge in [-0.25, -0.2) is 4.39 Å². The zero-order chi connectivity index (χ0) is 14.8. The van der Waals surface area contributed by atoms with Gasteiger partial charge in [-0.15, -0.1) is 0 Å². The van der Waals surface area contributed by atoms with E-state index in [4.69, 9.17) is 5.73 Å². The average Bonchev–Trinajstić information content (AvgIpc) is 2.44. The van der Waals surface area contributed by atoms with Gasteiger partial charge in [0.1, 0.15) is 5.82 Å². The quantitative estimate of drug-likeness (QED) is 0.917. The molecule has 1 aromatic rings. The van der Waals surface area contributed by atoms with Crippen LogP contribution in [0.1, 0.15) is 32.8 Å². The highest BCUT2D eigenvalue weighted by Crippen LogP contribution is 2.29. The van der Waals surface area contributed by atoms with Gasteiger partial charge < -0.3 is 5.73 Å². The van der Waals surface area contributed by atoms with Crippen LogP contribution in [0.4, 0.5) is 4.39 Å². The Balaban J connectivity index is 2.10. The lowest BCUT2D eigenvalue weighted by atomic mass is 9.83. The van der Waals surface area contributed by atoms with Crippen LogP contribution in [0.5, 0.6) is 0 Å². The average molecular weight is 278 g/mol. The van der Waals surface area contributed by atoms with E-state index >= 15 is 0 Å². The van der Waals surface area contributed by atoms with Gasteiger partial charge in [-0.3, -0.25) is 4.90 Å².